The highest BCUT2D eigenvalue weighted by Crippen LogP contribution is 2.29. The molecule has 0 saturated carbocycles. The van der Waals surface area contributed by atoms with Gasteiger partial charge in [0.1, 0.15) is 5.39 Å². The molecule has 1 fully saturated rings. The second-order valence-electron chi connectivity index (χ2n) is 7.01. The average molecular weight is 367 g/mol. The van der Waals surface area contributed by atoms with E-state index >= 15 is 0 Å². The molecular weight excluding hydrogens is 346 g/mol. The molecule has 1 aromatic carbocycles. The molecular formula is C19H21N5O3. The van der Waals surface area contributed by atoms with Crippen LogP contribution in [-0.2, 0) is 9.53 Å². The lowest BCUT2D eigenvalue weighted by Gasteiger charge is -2.22. The van der Waals surface area contributed by atoms with Crippen molar-refractivity contribution in [2.75, 3.05) is 11.9 Å². The molecule has 140 valence electrons. The van der Waals surface area contributed by atoms with Gasteiger partial charge in [0.25, 0.3) is 5.56 Å². The maximum absolute atomic E-state index is 12.9. The van der Waals surface area contributed by atoms with Gasteiger partial charge in [0.15, 0.2) is 5.65 Å². The number of hydrogen-bond acceptors (Lipinski definition) is 5. The number of anilines is 1. The molecule has 2 atom stereocenters. The zero-order valence-electron chi connectivity index (χ0n) is 15.2. The van der Waals surface area contributed by atoms with E-state index in [0.717, 1.165) is 0 Å². The molecule has 8 nitrogen and oxygen atoms in total. The molecule has 0 spiro atoms. The maximum Gasteiger partial charge on any atom is 0.261 e. The number of H-pyrrole nitrogens is 1. The zero-order chi connectivity index (χ0) is 19.0. The number of nitrogens with zero attached hydrogens (tertiary/aromatic N) is 3. The molecule has 3 aromatic rings. The van der Waals surface area contributed by atoms with E-state index in [1.807, 2.05) is 24.3 Å². The smallest absolute Gasteiger partial charge is 0.261 e. The predicted molar refractivity (Wildman–Crippen MR) is 101 cm³/mol. The SMILES string of the molecule is CC(C)C1OCCC1C(=O)Nc1ccccc1-n1ncc2c(=O)[nH]cnc21. The number of fused-ring (bicyclic) bond motifs is 1. The summed E-state index contributed by atoms with van der Waals surface area (Å²) in [6.45, 7) is 4.71. The van der Waals surface area contributed by atoms with Crippen LogP contribution in [0.4, 0.5) is 5.69 Å². The highest BCUT2D eigenvalue weighted by molar-refractivity contribution is 5.95. The van der Waals surface area contributed by atoms with Crippen LogP contribution in [0.15, 0.2) is 41.6 Å². The van der Waals surface area contributed by atoms with E-state index in [0.29, 0.717) is 35.4 Å². The van der Waals surface area contributed by atoms with Gasteiger partial charge in [0.2, 0.25) is 5.91 Å². The van der Waals surface area contributed by atoms with E-state index in [9.17, 15) is 9.59 Å². The van der Waals surface area contributed by atoms with Crippen LogP contribution in [0, 0.1) is 11.8 Å². The van der Waals surface area contributed by atoms with Gasteiger partial charge in [-0.15, -0.1) is 0 Å². The van der Waals surface area contributed by atoms with Gasteiger partial charge in [-0.2, -0.15) is 5.10 Å². The van der Waals surface area contributed by atoms with E-state index in [4.69, 9.17) is 4.74 Å². The standard InChI is InChI=1S/C19H21N5O3/c1-11(2)16-12(7-8-27-16)19(26)23-14-5-3-4-6-15(14)24-17-13(9-22-24)18(25)21-10-20-17/h3-6,9-12,16H,7-8H2,1-2H3,(H,23,26)(H,20,21,25). The van der Waals surface area contributed by atoms with Gasteiger partial charge >= 0.3 is 0 Å². The summed E-state index contributed by atoms with van der Waals surface area (Å²) in [4.78, 5) is 31.6. The Kier molecular flexibility index (Phi) is 4.49. The number of nitrogens with one attached hydrogen (secondary N) is 2. The first kappa shape index (κ1) is 17.4. The summed E-state index contributed by atoms with van der Waals surface area (Å²) in [5.74, 6) is 0.0128. The van der Waals surface area contributed by atoms with Gasteiger partial charge in [-0.05, 0) is 24.5 Å². The van der Waals surface area contributed by atoms with Crippen molar-refractivity contribution in [1.29, 1.82) is 0 Å². The van der Waals surface area contributed by atoms with Crippen molar-refractivity contribution in [2.24, 2.45) is 11.8 Å². The first-order chi connectivity index (χ1) is 13.1. The number of rotatable bonds is 4. The number of carbonyl (C=O) groups is 1. The van der Waals surface area contributed by atoms with E-state index in [1.54, 1.807) is 4.68 Å². The van der Waals surface area contributed by atoms with Crippen LogP contribution in [0.5, 0.6) is 0 Å². The minimum atomic E-state index is -0.254. The van der Waals surface area contributed by atoms with Crippen molar-refractivity contribution in [3.63, 3.8) is 0 Å². The van der Waals surface area contributed by atoms with Crippen molar-refractivity contribution < 1.29 is 9.53 Å². The average Bonchev–Trinajstić information content (AvgIpc) is 3.30. The lowest BCUT2D eigenvalue weighted by atomic mass is 9.92. The lowest BCUT2D eigenvalue weighted by Crippen LogP contribution is -2.33. The molecule has 1 saturated heterocycles. The van der Waals surface area contributed by atoms with Crippen LogP contribution in [-0.4, -0.2) is 38.4 Å². The Morgan fingerprint density at radius 3 is 3.00 bits per heavy atom. The highest BCUT2D eigenvalue weighted by Gasteiger charge is 2.36. The van der Waals surface area contributed by atoms with Gasteiger partial charge in [0.05, 0.1) is 35.9 Å². The third kappa shape index (κ3) is 3.12. The number of hydrogen-bond donors (Lipinski definition) is 2. The topological polar surface area (TPSA) is 102 Å². The number of amides is 1. The number of aromatic nitrogens is 4. The summed E-state index contributed by atoms with van der Waals surface area (Å²) < 4.78 is 7.29. The normalized spacial score (nSPS) is 19.7. The predicted octanol–water partition coefficient (Wildman–Crippen LogP) is 2.11. The summed E-state index contributed by atoms with van der Waals surface area (Å²) >= 11 is 0. The van der Waals surface area contributed by atoms with Crippen molar-refractivity contribution in [3.8, 4) is 5.69 Å². The van der Waals surface area contributed by atoms with E-state index in [2.05, 4.69) is 34.2 Å². The summed E-state index contributed by atoms with van der Waals surface area (Å²) in [6, 6.07) is 7.33. The number of aromatic amines is 1. The van der Waals surface area contributed by atoms with Gasteiger partial charge in [-0.1, -0.05) is 26.0 Å². The number of carbonyl (C=O) groups excluding carboxylic acids is 1. The summed E-state index contributed by atoms with van der Waals surface area (Å²) in [5, 5.41) is 7.70. The minimum absolute atomic E-state index is 0.0686. The Bertz CT molecular complexity index is 1040. The fourth-order valence-corrected chi connectivity index (χ4v) is 3.57. The molecule has 1 aliphatic heterocycles. The molecule has 0 bridgehead atoms. The fraction of sp³-hybridized carbons (Fsp3) is 0.368. The maximum atomic E-state index is 12.9. The van der Waals surface area contributed by atoms with E-state index < -0.39 is 0 Å². The monoisotopic (exact) mass is 367 g/mol. The quantitative estimate of drug-likeness (QED) is 0.735. The lowest BCUT2D eigenvalue weighted by molar-refractivity contribution is -0.122. The molecule has 4 rings (SSSR count). The Balaban J connectivity index is 1.68. The second kappa shape index (κ2) is 6.96. The van der Waals surface area contributed by atoms with Crippen LogP contribution in [0.25, 0.3) is 16.7 Å². The number of para-hydroxylation sites is 2. The zero-order valence-corrected chi connectivity index (χ0v) is 15.2. The Labute approximate surface area is 155 Å². The van der Waals surface area contributed by atoms with Crippen LogP contribution < -0.4 is 10.9 Å². The van der Waals surface area contributed by atoms with Crippen molar-refractivity contribution in [2.45, 2.75) is 26.4 Å². The molecule has 2 aromatic heterocycles. The van der Waals surface area contributed by atoms with Crippen molar-refractivity contribution in [1.82, 2.24) is 19.7 Å². The van der Waals surface area contributed by atoms with Crippen LogP contribution in [0.1, 0.15) is 20.3 Å². The second-order valence-corrected chi connectivity index (χ2v) is 7.01. The summed E-state index contributed by atoms with van der Waals surface area (Å²) in [5.41, 5.74) is 1.45. The Morgan fingerprint density at radius 1 is 1.37 bits per heavy atom. The van der Waals surface area contributed by atoms with E-state index in [-0.39, 0.29) is 29.4 Å². The van der Waals surface area contributed by atoms with Crippen molar-refractivity contribution in [3.05, 3.63) is 47.1 Å². The van der Waals surface area contributed by atoms with Crippen LogP contribution in [0.3, 0.4) is 0 Å². The Hall–Kier alpha value is -3.00. The minimum Gasteiger partial charge on any atom is -0.377 e. The van der Waals surface area contributed by atoms with Gasteiger partial charge in [0, 0.05) is 6.61 Å². The molecule has 0 aliphatic carbocycles. The third-order valence-electron chi connectivity index (χ3n) is 4.89. The summed E-state index contributed by atoms with van der Waals surface area (Å²) in [6.07, 6.45) is 3.44. The molecule has 3 heterocycles. The van der Waals surface area contributed by atoms with E-state index in [1.165, 1.54) is 12.5 Å². The highest BCUT2D eigenvalue weighted by atomic mass is 16.5. The Morgan fingerprint density at radius 2 is 2.19 bits per heavy atom. The van der Waals surface area contributed by atoms with Gasteiger partial charge in [-0.25, -0.2) is 9.67 Å². The molecule has 2 unspecified atom stereocenters. The summed E-state index contributed by atoms with van der Waals surface area (Å²) in [7, 11) is 0. The van der Waals surface area contributed by atoms with Crippen LogP contribution in [0.2, 0.25) is 0 Å². The van der Waals surface area contributed by atoms with Crippen molar-refractivity contribution >= 4 is 22.6 Å². The molecule has 8 heteroatoms. The van der Waals surface area contributed by atoms with Gasteiger partial charge < -0.3 is 15.0 Å². The number of ether oxygens (including phenoxy) is 1. The first-order valence-corrected chi connectivity index (χ1v) is 8.99. The third-order valence-corrected chi connectivity index (χ3v) is 4.89. The molecule has 0 radical (unpaired) electrons. The molecule has 27 heavy (non-hydrogen) atoms. The first-order valence-electron chi connectivity index (χ1n) is 8.99. The molecule has 1 aliphatic rings. The fourth-order valence-electron chi connectivity index (χ4n) is 3.57. The number of benzene rings is 1. The largest absolute Gasteiger partial charge is 0.377 e. The molecule has 1 amide bonds. The van der Waals surface area contributed by atoms with Crippen LogP contribution >= 0.6 is 0 Å². The van der Waals surface area contributed by atoms with Gasteiger partial charge in [-0.3, -0.25) is 9.59 Å². The molecule has 2 N–H and O–H groups in total.